The quantitative estimate of drug-likeness (QED) is 0.516. The Kier molecular flexibility index (Phi) is 4.74. The van der Waals surface area contributed by atoms with Crippen LogP contribution >= 0.6 is 0 Å². The lowest BCUT2D eigenvalue weighted by atomic mass is 9.73. The van der Waals surface area contributed by atoms with E-state index in [2.05, 4.69) is 30.9 Å². The van der Waals surface area contributed by atoms with Crippen molar-refractivity contribution in [1.82, 2.24) is 30.6 Å². The number of hydrogen-bond acceptors (Lipinski definition) is 6. The monoisotopic (exact) mass is 417 g/mol. The van der Waals surface area contributed by atoms with Crippen molar-refractivity contribution in [3.05, 3.63) is 47.9 Å². The van der Waals surface area contributed by atoms with Gasteiger partial charge in [-0.05, 0) is 50.2 Å². The summed E-state index contributed by atoms with van der Waals surface area (Å²) in [6.45, 7) is 3.96. The number of hydrogen-bond donors (Lipinski definition) is 4. The SMILES string of the molecule is CC(=O)Nc1ccc(-c2nccc(-c3cc4c([nH]3)C3(CCNCC3)CNC4=O)n2)cn1. The first-order valence-corrected chi connectivity index (χ1v) is 10.3. The van der Waals surface area contributed by atoms with Crippen molar-refractivity contribution in [3.8, 4) is 22.8 Å². The topological polar surface area (TPSA) is 125 Å². The number of aromatic amines is 1. The fourth-order valence-electron chi connectivity index (χ4n) is 4.38. The molecule has 1 spiro atoms. The lowest BCUT2D eigenvalue weighted by Gasteiger charge is -2.40. The van der Waals surface area contributed by atoms with Crippen LogP contribution in [-0.4, -0.2) is 51.4 Å². The number of piperidine rings is 1. The predicted molar refractivity (Wildman–Crippen MR) is 115 cm³/mol. The highest BCUT2D eigenvalue weighted by Crippen LogP contribution is 2.38. The molecule has 1 fully saturated rings. The Hall–Kier alpha value is -3.59. The number of rotatable bonds is 3. The van der Waals surface area contributed by atoms with Gasteiger partial charge in [-0.15, -0.1) is 0 Å². The van der Waals surface area contributed by atoms with E-state index in [0.717, 1.165) is 42.9 Å². The fraction of sp³-hybridized carbons (Fsp3) is 0.318. The zero-order chi connectivity index (χ0) is 21.4. The summed E-state index contributed by atoms with van der Waals surface area (Å²) >= 11 is 0. The van der Waals surface area contributed by atoms with Crippen molar-refractivity contribution in [3.63, 3.8) is 0 Å². The van der Waals surface area contributed by atoms with Crippen LogP contribution in [0.3, 0.4) is 0 Å². The standard InChI is InChI=1S/C22H23N7O2/c1-13(30)27-18-3-2-14(11-25-18)20-24-7-4-16(29-20)17-10-15-19(28-17)22(12-26-21(15)31)5-8-23-9-6-22/h2-4,7,10-11,23,28H,5-6,8-9,12H2,1H3,(H,26,31)(H,25,27,30). The maximum atomic E-state index is 12.5. The van der Waals surface area contributed by atoms with Crippen molar-refractivity contribution in [2.45, 2.75) is 25.2 Å². The average Bonchev–Trinajstić information content (AvgIpc) is 3.25. The smallest absolute Gasteiger partial charge is 0.253 e. The molecule has 0 unspecified atom stereocenters. The minimum atomic E-state index is -0.176. The first-order valence-electron chi connectivity index (χ1n) is 10.3. The fourth-order valence-corrected chi connectivity index (χ4v) is 4.38. The van der Waals surface area contributed by atoms with Crippen molar-refractivity contribution in [1.29, 1.82) is 0 Å². The molecule has 5 heterocycles. The molecule has 2 amide bonds. The molecule has 0 saturated carbocycles. The third kappa shape index (κ3) is 3.57. The van der Waals surface area contributed by atoms with E-state index in [0.29, 0.717) is 29.4 Å². The van der Waals surface area contributed by atoms with Crippen LogP contribution in [0.1, 0.15) is 35.8 Å². The molecule has 0 radical (unpaired) electrons. The molecule has 0 atom stereocenters. The normalized spacial score (nSPS) is 17.1. The van der Waals surface area contributed by atoms with E-state index >= 15 is 0 Å². The van der Waals surface area contributed by atoms with Gasteiger partial charge in [0.15, 0.2) is 5.82 Å². The highest BCUT2D eigenvalue weighted by Gasteiger charge is 2.42. The lowest BCUT2D eigenvalue weighted by molar-refractivity contribution is -0.114. The molecule has 9 nitrogen and oxygen atoms in total. The number of aromatic nitrogens is 4. The molecule has 0 bridgehead atoms. The molecule has 3 aromatic rings. The minimum Gasteiger partial charge on any atom is -0.356 e. The van der Waals surface area contributed by atoms with Gasteiger partial charge < -0.3 is 20.9 Å². The average molecular weight is 417 g/mol. The number of nitrogens with one attached hydrogen (secondary N) is 4. The first kappa shape index (κ1) is 19.4. The molecule has 0 aromatic carbocycles. The van der Waals surface area contributed by atoms with Crippen LogP contribution in [0.15, 0.2) is 36.7 Å². The van der Waals surface area contributed by atoms with Crippen LogP contribution in [0.4, 0.5) is 5.82 Å². The molecule has 9 heteroatoms. The second kappa shape index (κ2) is 7.59. The highest BCUT2D eigenvalue weighted by atomic mass is 16.2. The van der Waals surface area contributed by atoms with Crippen LogP contribution < -0.4 is 16.0 Å². The van der Waals surface area contributed by atoms with Crippen LogP contribution in [0, 0.1) is 0 Å². The molecular formula is C22H23N7O2. The largest absolute Gasteiger partial charge is 0.356 e. The van der Waals surface area contributed by atoms with E-state index in [1.807, 2.05) is 18.2 Å². The van der Waals surface area contributed by atoms with Gasteiger partial charge in [0.25, 0.3) is 5.91 Å². The number of amides is 2. The van der Waals surface area contributed by atoms with Crippen LogP contribution in [-0.2, 0) is 10.2 Å². The van der Waals surface area contributed by atoms with Crippen LogP contribution in [0.2, 0.25) is 0 Å². The van der Waals surface area contributed by atoms with Gasteiger partial charge in [-0.1, -0.05) is 0 Å². The molecule has 158 valence electrons. The summed E-state index contributed by atoms with van der Waals surface area (Å²) in [5.41, 5.74) is 3.89. The van der Waals surface area contributed by atoms with Gasteiger partial charge in [0.05, 0.1) is 17.0 Å². The Balaban J connectivity index is 1.49. The zero-order valence-corrected chi connectivity index (χ0v) is 17.2. The number of H-pyrrole nitrogens is 1. The summed E-state index contributed by atoms with van der Waals surface area (Å²) in [5.74, 6) is 0.772. The van der Waals surface area contributed by atoms with Gasteiger partial charge in [-0.3, -0.25) is 9.59 Å². The number of pyridine rings is 1. The number of anilines is 1. The molecule has 31 heavy (non-hydrogen) atoms. The third-order valence-electron chi connectivity index (χ3n) is 6.00. The Morgan fingerprint density at radius 1 is 1.16 bits per heavy atom. The summed E-state index contributed by atoms with van der Waals surface area (Å²) in [5, 5.41) is 9.10. The van der Waals surface area contributed by atoms with E-state index in [-0.39, 0.29) is 17.2 Å². The first-order chi connectivity index (χ1) is 15.0. The number of nitrogens with zero attached hydrogens (tertiary/aromatic N) is 3. The van der Waals surface area contributed by atoms with Crippen LogP contribution in [0.5, 0.6) is 0 Å². The Bertz CT molecular complexity index is 1150. The predicted octanol–water partition coefficient (Wildman–Crippen LogP) is 1.86. The molecule has 4 N–H and O–H groups in total. The molecule has 2 aliphatic rings. The highest BCUT2D eigenvalue weighted by molar-refractivity contribution is 5.98. The molecule has 3 aromatic heterocycles. The Morgan fingerprint density at radius 2 is 2.00 bits per heavy atom. The van der Waals surface area contributed by atoms with E-state index < -0.39 is 0 Å². The van der Waals surface area contributed by atoms with Gasteiger partial charge in [-0.25, -0.2) is 15.0 Å². The second-order valence-electron chi connectivity index (χ2n) is 8.06. The van der Waals surface area contributed by atoms with Gasteiger partial charge in [-0.2, -0.15) is 0 Å². The number of carbonyl (C=O) groups excluding carboxylic acids is 2. The Labute approximate surface area is 179 Å². The van der Waals surface area contributed by atoms with E-state index in [9.17, 15) is 9.59 Å². The molecule has 2 aliphatic heterocycles. The molecule has 1 saturated heterocycles. The second-order valence-corrected chi connectivity index (χ2v) is 8.06. The lowest BCUT2D eigenvalue weighted by Crippen LogP contribution is -2.51. The van der Waals surface area contributed by atoms with Gasteiger partial charge in [0.2, 0.25) is 5.91 Å². The summed E-state index contributed by atoms with van der Waals surface area (Å²) in [7, 11) is 0. The molecule has 0 aliphatic carbocycles. The van der Waals surface area contributed by atoms with Crippen molar-refractivity contribution < 1.29 is 9.59 Å². The summed E-state index contributed by atoms with van der Waals surface area (Å²) in [4.78, 5) is 40.5. The summed E-state index contributed by atoms with van der Waals surface area (Å²) in [6, 6.07) is 7.24. The summed E-state index contributed by atoms with van der Waals surface area (Å²) in [6.07, 6.45) is 5.27. The zero-order valence-electron chi connectivity index (χ0n) is 17.2. The number of fused-ring (bicyclic) bond motifs is 2. The van der Waals surface area contributed by atoms with Crippen molar-refractivity contribution in [2.24, 2.45) is 0 Å². The van der Waals surface area contributed by atoms with E-state index in [1.165, 1.54) is 6.92 Å². The Morgan fingerprint density at radius 3 is 2.74 bits per heavy atom. The summed E-state index contributed by atoms with van der Waals surface area (Å²) < 4.78 is 0. The van der Waals surface area contributed by atoms with Crippen molar-refractivity contribution >= 4 is 17.6 Å². The molecule has 5 rings (SSSR count). The maximum absolute atomic E-state index is 12.5. The maximum Gasteiger partial charge on any atom is 0.253 e. The number of carbonyl (C=O) groups is 2. The van der Waals surface area contributed by atoms with E-state index in [4.69, 9.17) is 4.98 Å². The van der Waals surface area contributed by atoms with Crippen LogP contribution in [0.25, 0.3) is 22.8 Å². The van der Waals surface area contributed by atoms with E-state index in [1.54, 1.807) is 18.5 Å². The third-order valence-corrected chi connectivity index (χ3v) is 6.00. The van der Waals surface area contributed by atoms with Gasteiger partial charge >= 0.3 is 0 Å². The van der Waals surface area contributed by atoms with Gasteiger partial charge in [0, 0.05) is 42.5 Å². The minimum absolute atomic E-state index is 0.0475. The van der Waals surface area contributed by atoms with Crippen molar-refractivity contribution in [2.75, 3.05) is 25.0 Å². The molecular weight excluding hydrogens is 394 g/mol. The van der Waals surface area contributed by atoms with Gasteiger partial charge in [0.1, 0.15) is 5.82 Å².